The fraction of sp³-hybridized carbons (Fsp3) is 0.778. The number of carbonyl (C=O) groups is 2. The van der Waals surface area contributed by atoms with E-state index in [9.17, 15) is 14.7 Å². The van der Waals surface area contributed by atoms with Gasteiger partial charge in [0.25, 0.3) is 0 Å². The number of carboxylic acid groups (broad SMARTS) is 2. The molecule has 7 nitrogen and oxygen atoms in total. The van der Waals surface area contributed by atoms with Crippen molar-refractivity contribution in [1.82, 2.24) is 0 Å². The van der Waals surface area contributed by atoms with Crippen LogP contribution in [0.25, 0.3) is 0 Å². The highest BCUT2D eigenvalue weighted by molar-refractivity contribution is 5.91. The molecule has 0 saturated carbocycles. The first-order chi connectivity index (χ1) is 7.20. The minimum absolute atomic E-state index is 0.154. The van der Waals surface area contributed by atoms with Crippen molar-refractivity contribution in [2.75, 3.05) is 6.54 Å². The van der Waals surface area contributed by atoms with E-state index in [2.05, 4.69) is 0 Å². The topological polar surface area (TPSA) is 147 Å². The highest BCUT2D eigenvalue weighted by atomic mass is 16.4. The minimum atomic E-state index is -2.52. The third kappa shape index (κ3) is 2.69. The van der Waals surface area contributed by atoms with Crippen molar-refractivity contribution >= 4 is 11.9 Å². The number of unbranched alkanes of at least 4 members (excludes halogenated alkanes) is 1. The van der Waals surface area contributed by atoms with Crippen molar-refractivity contribution in [3.63, 3.8) is 0 Å². The smallest absolute Gasteiger partial charge is 0.337 e. The molecule has 0 fully saturated rings. The average Bonchev–Trinajstić information content (AvgIpc) is 2.17. The van der Waals surface area contributed by atoms with E-state index in [-0.39, 0.29) is 6.42 Å². The number of hydrogen-bond acceptors (Lipinski definition) is 5. The number of rotatable bonds is 7. The second-order valence-electron chi connectivity index (χ2n) is 3.90. The summed E-state index contributed by atoms with van der Waals surface area (Å²) in [5, 5.41) is 27.3. The van der Waals surface area contributed by atoms with E-state index >= 15 is 0 Å². The zero-order valence-corrected chi connectivity index (χ0v) is 9.14. The zero-order valence-electron chi connectivity index (χ0n) is 9.14. The van der Waals surface area contributed by atoms with E-state index < -0.39 is 23.1 Å². The average molecular weight is 234 g/mol. The Morgan fingerprint density at radius 1 is 1.19 bits per heavy atom. The van der Waals surface area contributed by atoms with E-state index in [0.29, 0.717) is 19.4 Å². The Bertz CT molecular complexity index is 279. The van der Waals surface area contributed by atoms with Gasteiger partial charge in [-0.15, -0.1) is 0 Å². The molecule has 16 heavy (non-hydrogen) atoms. The third-order valence-electron chi connectivity index (χ3n) is 2.69. The number of hydrogen-bond donors (Lipinski definition) is 5. The van der Waals surface area contributed by atoms with Crippen LogP contribution in [0.5, 0.6) is 0 Å². The van der Waals surface area contributed by atoms with Gasteiger partial charge in [-0.3, -0.25) is 4.79 Å². The third-order valence-corrected chi connectivity index (χ3v) is 2.69. The Morgan fingerprint density at radius 2 is 1.69 bits per heavy atom. The van der Waals surface area contributed by atoms with E-state index in [4.69, 9.17) is 21.7 Å². The van der Waals surface area contributed by atoms with Crippen LogP contribution in [0.2, 0.25) is 0 Å². The van der Waals surface area contributed by atoms with E-state index in [1.165, 1.54) is 0 Å². The van der Waals surface area contributed by atoms with Gasteiger partial charge in [-0.2, -0.15) is 0 Å². The molecule has 0 spiro atoms. The summed E-state index contributed by atoms with van der Waals surface area (Å²) in [5.74, 6) is -3.21. The lowest BCUT2D eigenvalue weighted by Crippen LogP contribution is -2.67. The largest absolute Gasteiger partial charge is 0.480 e. The minimum Gasteiger partial charge on any atom is -0.480 e. The number of nitrogens with two attached hydrogens (primary N) is 2. The fourth-order valence-corrected chi connectivity index (χ4v) is 1.30. The van der Waals surface area contributed by atoms with Gasteiger partial charge in [-0.25, -0.2) is 4.79 Å². The van der Waals surface area contributed by atoms with Gasteiger partial charge in [0.05, 0.1) is 0 Å². The van der Waals surface area contributed by atoms with Crippen LogP contribution < -0.4 is 11.5 Å². The molecule has 2 unspecified atom stereocenters. The van der Waals surface area contributed by atoms with Gasteiger partial charge in [0, 0.05) is 0 Å². The van der Waals surface area contributed by atoms with Crippen LogP contribution in [0.1, 0.15) is 26.2 Å². The molecule has 2 atom stereocenters. The summed E-state index contributed by atoms with van der Waals surface area (Å²) in [7, 11) is 0. The standard InChI is InChI=1S/C9H18N2O5/c1-8(16,6(12)13)9(11,7(14)15)4-2-3-5-10/h16H,2-5,10-11H2,1H3,(H,12,13)(H,14,15). The van der Waals surface area contributed by atoms with Crippen LogP contribution in [0.3, 0.4) is 0 Å². The van der Waals surface area contributed by atoms with Crippen molar-refractivity contribution < 1.29 is 24.9 Å². The summed E-state index contributed by atoms with van der Waals surface area (Å²) in [6.07, 6.45) is 0.698. The summed E-state index contributed by atoms with van der Waals surface area (Å²) in [5.41, 5.74) is 5.99. The molecule has 0 bridgehead atoms. The predicted octanol–water partition coefficient (Wildman–Crippen LogP) is -1.27. The second-order valence-corrected chi connectivity index (χ2v) is 3.90. The van der Waals surface area contributed by atoms with Gasteiger partial charge in [0.2, 0.25) is 0 Å². The summed E-state index contributed by atoms with van der Waals surface area (Å²) in [4.78, 5) is 21.8. The van der Waals surface area contributed by atoms with Gasteiger partial charge in [0.15, 0.2) is 11.1 Å². The number of aliphatic hydroxyl groups is 1. The summed E-state index contributed by atoms with van der Waals surface area (Å²) < 4.78 is 0. The lowest BCUT2D eigenvalue weighted by atomic mass is 9.78. The Kier molecular flexibility index (Phi) is 4.85. The van der Waals surface area contributed by atoms with Gasteiger partial charge in [0.1, 0.15) is 0 Å². The van der Waals surface area contributed by atoms with Gasteiger partial charge in [-0.05, 0) is 32.7 Å². The molecule has 0 radical (unpaired) electrons. The van der Waals surface area contributed by atoms with Crippen molar-refractivity contribution in [2.24, 2.45) is 11.5 Å². The molecule has 7 heteroatoms. The summed E-state index contributed by atoms with van der Waals surface area (Å²) in [6, 6.07) is 0. The molecule has 0 amide bonds. The maximum atomic E-state index is 11.0. The molecule has 0 rings (SSSR count). The molecule has 0 heterocycles. The first-order valence-corrected chi connectivity index (χ1v) is 4.88. The molecular weight excluding hydrogens is 216 g/mol. The highest BCUT2D eigenvalue weighted by Gasteiger charge is 2.55. The molecular formula is C9H18N2O5. The van der Waals surface area contributed by atoms with Crippen LogP contribution in [0, 0.1) is 0 Å². The lowest BCUT2D eigenvalue weighted by Gasteiger charge is -2.35. The van der Waals surface area contributed by atoms with Crippen LogP contribution >= 0.6 is 0 Å². The Balaban J connectivity index is 4.96. The van der Waals surface area contributed by atoms with E-state index in [1.807, 2.05) is 0 Å². The predicted molar refractivity (Wildman–Crippen MR) is 55.7 cm³/mol. The normalized spacial score (nSPS) is 18.5. The molecule has 0 aromatic carbocycles. The van der Waals surface area contributed by atoms with Crippen LogP contribution in [-0.4, -0.2) is 44.9 Å². The molecule has 0 aliphatic rings. The van der Waals surface area contributed by atoms with Crippen LogP contribution in [-0.2, 0) is 9.59 Å². The van der Waals surface area contributed by atoms with Crippen molar-refractivity contribution in [3.05, 3.63) is 0 Å². The van der Waals surface area contributed by atoms with Crippen molar-refractivity contribution in [2.45, 2.75) is 37.3 Å². The Hall–Kier alpha value is -1.18. The van der Waals surface area contributed by atoms with Gasteiger partial charge < -0.3 is 26.8 Å². The van der Waals surface area contributed by atoms with E-state index in [1.54, 1.807) is 0 Å². The van der Waals surface area contributed by atoms with Gasteiger partial charge >= 0.3 is 11.9 Å². The molecule has 0 aliphatic heterocycles. The fourth-order valence-electron chi connectivity index (χ4n) is 1.30. The number of carboxylic acids is 2. The lowest BCUT2D eigenvalue weighted by molar-refractivity contribution is -0.175. The number of aliphatic carboxylic acids is 2. The first kappa shape index (κ1) is 14.8. The monoisotopic (exact) mass is 234 g/mol. The zero-order chi connectivity index (χ0) is 13.0. The molecule has 94 valence electrons. The molecule has 0 aromatic rings. The van der Waals surface area contributed by atoms with Crippen LogP contribution in [0.4, 0.5) is 0 Å². The second kappa shape index (κ2) is 5.24. The molecule has 0 aliphatic carbocycles. The van der Waals surface area contributed by atoms with Gasteiger partial charge in [-0.1, -0.05) is 0 Å². The SMILES string of the molecule is CC(O)(C(=O)O)C(N)(CCCCN)C(=O)O. The Labute approximate surface area is 93.0 Å². The van der Waals surface area contributed by atoms with Crippen LogP contribution in [0.15, 0.2) is 0 Å². The summed E-state index contributed by atoms with van der Waals surface area (Å²) >= 11 is 0. The van der Waals surface area contributed by atoms with Crippen molar-refractivity contribution in [1.29, 1.82) is 0 Å². The van der Waals surface area contributed by atoms with Crippen molar-refractivity contribution in [3.8, 4) is 0 Å². The maximum absolute atomic E-state index is 11.0. The first-order valence-electron chi connectivity index (χ1n) is 4.88. The quantitative estimate of drug-likeness (QED) is 0.345. The summed E-state index contributed by atoms with van der Waals surface area (Å²) in [6.45, 7) is 1.23. The molecule has 7 N–H and O–H groups in total. The maximum Gasteiger partial charge on any atom is 0.337 e. The molecule has 0 aromatic heterocycles. The molecule has 0 saturated heterocycles. The van der Waals surface area contributed by atoms with E-state index in [0.717, 1.165) is 6.92 Å². The Morgan fingerprint density at radius 3 is 2.00 bits per heavy atom. The highest BCUT2D eigenvalue weighted by Crippen LogP contribution is 2.26.